The molecule has 2 aromatic rings. The van der Waals surface area contributed by atoms with Gasteiger partial charge in [0.15, 0.2) is 17.6 Å². The van der Waals surface area contributed by atoms with E-state index in [-0.39, 0.29) is 29.9 Å². The quantitative estimate of drug-likeness (QED) is 0.369. The molecule has 1 fully saturated rings. The zero-order valence-corrected chi connectivity index (χ0v) is 18.9. The predicted octanol–water partition coefficient (Wildman–Crippen LogP) is 3.79. The average Bonchev–Trinajstić information content (AvgIpc) is 2.71. The van der Waals surface area contributed by atoms with Gasteiger partial charge in [-0.15, -0.1) is 24.0 Å². The number of nitrogens with zero attached hydrogens (tertiary/aromatic N) is 3. The fourth-order valence-electron chi connectivity index (χ4n) is 3.40. The van der Waals surface area contributed by atoms with E-state index in [0.717, 1.165) is 49.5 Å². The van der Waals surface area contributed by atoms with Gasteiger partial charge in [0.1, 0.15) is 5.75 Å². The van der Waals surface area contributed by atoms with Crippen molar-refractivity contribution in [2.75, 3.05) is 44.7 Å². The van der Waals surface area contributed by atoms with Gasteiger partial charge in [-0.05, 0) is 35.7 Å². The van der Waals surface area contributed by atoms with Crippen molar-refractivity contribution in [1.29, 1.82) is 0 Å². The van der Waals surface area contributed by atoms with Gasteiger partial charge >= 0.3 is 0 Å². The lowest BCUT2D eigenvalue weighted by atomic mass is 10.0. The maximum Gasteiger partial charge on any atom is 0.193 e. The fraction of sp³-hybridized carbons (Fsp3) is 0.381. The van der Waals surface area contributed by atoms with E-state index in [1.54, 1.807) is 19.2 Å². The Morgan fingerprint density at radius 3 is 2.41 bits per heavy atom. The number of nitrogens with one attached hydrogen (secondary N) is 1. The normalized spacial score (nSPS) is 15.7. The van der Waals surface area contributed by atoms with E-state index >= 15 is 0 Å². The molecule has 2 N–H and O–H groups in total. The second-order valence-corrected chi connectivity index (χ2v) is 6.97. The van der Waals surface area contributed by atoms with Crippen LogP contribution < -0.4 is 10.2 Å². The van der Waals surface area contributed by atoms with Gasteiger partial charge in [0, 0.05) is 39.8 Å². The third kappa shape index (κ3) is 5.71. The van der Waals surface area contributed by atoms with Gasteiger partial charge < -0.3 is 20.2 Å². The van der Waals surface area contributed by atoms with Gasteiger partial charge in [0.25, 0.3) is 0 Å². The first-order valence-electron chi connectivity index (χ1n) is 9.43. The lowest BCUT2D eigenvalue weighted by Crippen LogP contribution is -2.53. The molecule has 1 aliphatic rings. The van der Waals surface area contributed by atoms with Crippen LogP contribution >= 0.6 is 24.0 Å². The zero-order valence-electron chi connectivity index (χ0n) is 16.6. The number of anilines is 1. The third-order valence-corrected chi connectivity index (χ3v) is 5.09. The lowest BCUT2D eigenvalue weighted by molar-refractivity contribution is 0.369. The van der Waals surface area contributed by atoms with Crippen LogP contribution in [0.2, 0.25) is 0 Å². The Bertz CT molecular complexity index is 841. The molecule has 2 aromatic carbocycles. The van der Waals surface area contributed by atoms with Gasteiger partial charge in [-0.2, -0.15) is 0 Å². The second-order valence-electron chi connectivity index (χ2n) is 6.97. The van der Waals surface area contributed by atoms with Crippen molar-refractivity contribution in [2.24, 2.45) is 4.99 Å². The number of halogens is 3. The van der Waals surface area contributed by atoms with Crippen LogP contribution in [0.5, 0.6) is 5.75 Å². The summed E-state index contributed by atoms with van der Waals surface area (Å²) in [6.07, 6.45) is 0. The molecule has 1 heterocycles. The third-order valence-electron chi connectivity index (χ3n) is 5.09. The molecule has 1 atom stereocenters. The molecule has 0 radical (unpaired) electrons. The Morgan fingerprint density at radius 1 is 1.10 bits per heavy atom. The van der Waals surface area contributed by atoms with E-state index in [9.17, 15) is 13.9 Å². The van der Waals surface area contributed by atoms with Crippen molar-refractivity contribution < 1.29 is 13.9 Å². The van der Waals surface area contributed by atoms with Gasteiger partial charge in [-0.25, -0.2) is 8.78 Å². The van der Waals surface area contributed by atoms with Crippen molar-refractivity contribution in [3.63, 3.8) is 0 Å². The number of rotatable bonds is 4. The zero-order chi connectivity index (χ0) is 20.1. The summed E-state index contributed by atoms with van der Waals surface area (Å²) in [5, 5.41) is 13.4. The van der Waals surface area contributed by atoms with Gasteiger partial charge in [0.05, 0.1) is 5.69 Å². The molecule has 0 aliphatic carbocycles. The van der Waals surface area contributed by atoms with Crippen LogP contribution in [0, 0.1) is 11.6 Å². The Hall–Kier alpha value is -2.10. The molecule has 5 nitrogen and oxygen atoms in total. The van der Waals surface area contributed by atoms with E-state index in [1.165, 1.54) is 6.07 Å². The molecular weight excluding hydrogens is 489 g/mol. The minimum Gasteiger partial charge on any atom is -0.506 e. The molecule has 0 amide bonds. The number of aromatic hydroxyl groups is 1. The summed E-state index contributed by atoms with van der Waals surface area (Å²) < 4.78 is 26.6. The number of hydrogen-bond donors (Lipinski definition) is 2. The number of piperazine rings is 1. The molecule has 3 rings (SSSR count). The summed E-state index contributed by atoms with van der Waals surface area (Å²) in [4.78, 5) is 8.67. The first-order valence-corrected chi connectivity index (χ1v) is 9.43. The molecule has 29 heavy (non-hydrogen) atoms. The van der Waals surface area contributed by atoms with Crippen LogP contribution in [0.4, 0.5) is 14.5 Å². The maximum absolute atomic E-state index is 13.5. The molecule has 0 saturated carbocycles. The molecule has 1 unspecified atom stereocenters. The highest BCUT2D eigenvalue weighted by Crippen LogP contribution is 2.27. The summed E-state index contributed by atoms with van der Waals surface area (Å²) in [6, 6.07) is 11.4. The Morgan fingerprint density at radius 2 is 1.79 bits per heavy atom. The van der Waals surface area contributed by atoms with E-state index in [1.807, 2.05) is 25.1 Å². The minimum absolute atomic E-state index is 0. The van der Waals surface area contributed by atoms with Crippen LogP contribution in [-0.4, -0.2) is 55.7 Å². The van der Waals surface area contributed by atoms with E-state index in [4.69, 9.17) is 0 Å². The number of benzene rings is 2. The molecule has 1 aliphatic heterocycles. The monoisotopic (exact) mass is 516 g/mol. The number of guanidine groups is 1. The number of hydrogen-bond acceptors (Lipinski definition) is 3. The second kappa shape index (κ2) is 10.6. The highest BCUT2D eigenvalue weighted by atomic mass is 127. The largest absolute Gasteiger partial charge is 0.506 e. The standard InChI is InChI=1S/C21H26F2N4O.HI/c1-15(16-7-8-17(22)18(23)13-16)14-25-21(24-2)27-11-9-26(10-12-27)19-5-3-4-6-20(19)28;/h3-8,13,15,28H,9-12,14H2,1-2H3,(H,24,25);1H. The first-order chi connectivity index (χ1) is 13.5. The molecular formula is C21H27F2IN4O. The molecule has 1 saturated heterocycles. The topological polar surface area (TPSA) is 51.1 Å². The predicted molar refractivity (Wildman–Crippen MR) is 123 cm³/mol. The number of para-hydroxylation sites is 2. The van der Waals surface area contributed by atoms with Crippen molar-refractivity contribution in [1.82, 2.24) is 10.2 Å². The van der Waals surface area contributed by atoms with Crippen molar-refractivity contribution >= 4 is 35.6 Å². The molecule has 0 bridgehead atoms. The summed E-state index contributed by atoms with van der Waals surface area (Å²) in [5.41, 5.74) is 1.59. The smallest absolute Gasteiger partial charge is 0.193 e. The van der Waals surface area contributed by atoms with Crippen molar-refractivity contribution in [3.05, 3.63) is 59.7 Å². The van der Waals surface area contributed by atoms with E-state index in [2.05, 4.69) is 20.1 Å². The van der Waals surface area contributed by atoms with Crippen LogP contribution in [0.25, 0.3) is 0 Å². The van der Waals surface area contributed by atoms with Gasteiger partial charge in [-0.3, -0.25) is 4.99 Å². The number of phenolic OH excluding ortho intramolecular Hbond substituents is 1. The summed E-state index contributed by atoms with van der Waals surface area (Å²) in [7, 11) is 1.74. The van der Waals surface area contributed by atoms with Gasteiger partial charge in [0.2, 0.25) is 0 Å². The average molecular weight is 516 g/mol. The summed E-state index contributed by atoms with van der Waals surface area (Å²) in [6.45, 7) is 5.62. The van der Waals surface area contributed by atoms with Crippen molar-refractivity contribution in [2.45, 2.75) is 12.8 Å². The van der Waals surface area contributed by atoms with Crippen LogP contribution in [0.3, 0.4) is 0 Å². The SMILES string of the molecule is CN=C(NCC(C)c1ccc(F)c(F)c1)N1CCN(c2ccccc2O)CC1.I. The fourth-order valence-corrected chi connectivity index (χ4v) is 3.40. The maximum atomic E-state index is 13.5. The van der Waals surface area contributed by atoms with Crippen molar-refractivity contribution in [3.8, 4) is 5.75 Å². The van der Waals surface area contributed by atoms with Crippen LogP contribution in [0.1, 0.15) is 18.4 Å². The van der Waals surface area contributed by atoms with Gasteiger partial charge in [-0.1, -0.05) is 25.1 Å². The van der Waals surface area contributed by atoms with E-state index in [0.29, 0.717) is 12.3 Å². The minimum atomic E-state index is -0.831. The molecule has 0 spiro atoms. The van der Waals surface area contributed by atoms with Crippen LogP contribution in [0.15, 0.2) is 47.5 Å². The summed E-state index contributed by atoms with van der Waals surface area (Å²) in [5.74, 6) is -0.573. The molecule has 8 heteroatoms. The van der Waals surface area contributed by atoms with Crippen LogP contribution in [-0.2, 0) is 0 Å². The van der Waals surface area contributed by atoms with E-state index < -0.39 is 11.6 Å². The Kier molecular flexibility index (Phi) is 8.48. The Balaban J connectivity index is 0.00000300. The number of aliphatic imine (C=N–C) groups is 1. The lowest BCUT2D eigenvalue weighted by Gasteiger charge is -2.38. The molecule has 158 valence electrons. The number of phenols is 1. The molecule has 0 aromatic heterocycles. The Labute approximate surface area is 187 Å². The summed E-state index contributed by atoms with van der Waals surface area (Å²) >= 11 is 0. The highest BCUT2D eigenvalue weighted by molar-refractivity contribution is 14.0. The highest BCUT2D eigenvalue weighted by Gasteiger charge is 2.21. The first kappa shape index (κ1) is 23.2.